The predicted molar refractivity (Wildman–Crippen MR) is 47.6 cm³/mol. The van der Waals surface area contributed by atoms with Gasteiger partial charge in [-0.25, -0.2) is 4.79 Å². The molecule has 2 rings (SSSR count). The Labute approximate surface area is 80.8 Å². The summed E-state index contributed by atoms with van der Waals surface area (Å²) < 4.78 is 0. The van der Waals surface area contributed by atoms with Gasteiger partial charge >= 0.3 is 5.97 Å². The van der Waals surface area contributed by atoms with E-state index < -0.39 is 11.6 Å². The van der Waals surface area contributed by atoms with E-state index in [4.69, 9.17) is 5.11 Å². The molecular weight excluding hydrogens is 184 g/mol. The van der Waals surface area contributed by atoms with E-state index in [1.54, 1.807) is 6.92 Å². The summed E-state index contributed by atoms with van der Waals surface area (Å²) >= 11 is 0. The summed E-state index contributed by atoms with van der Waals surface area (Å²) in [5, 5.41) is 25.6. The van der Waals surface area contributed by atoms with Crippen LogP contribution < -0.4 is 0 Å². The van der Waals surface area contributed by atoms with E-state index >= 15 is 0 Å². The van der Waals surface area contributed by atoms with Gasteiger partial charge in [-0.1, -0.05) is 6.92 Å². The molecule has 2 atom stereocenters. The van der Waals surface area contributed by atoms with Gasteiger partial charge in [0, 0.05) is 17.2 Å². The lowest BCUT2D eigenvalue weighted by Crippen LogP contribution is -2.44. The molecule has 0 aromatic carbocycles. The number of aromatic nitrogens is 2. The number of carboxylic acids is 1. The molecule has 5 heteroatoms. The van der Waals surface area contributed by atoms with E-state index in [2.05, 4.69) is 10.2 Å². The van der Waals surface area contributed by atoms with Crippen molar-refractivity contribution in [2.75, 3.05) is 0 Å². The van der Waals surface area contributed by atoms with Crippen molar-refractivity contribution in [2.24, 2.45) is 5.92 Å². The number of fused-ring (bicyclic) bond motifs is 1. The van der Waals surface area contributed by atoms with E-state index in [1.807, 2.05) is 0 Å². The fraction of sp³-hybridized carbons (Fsp3) is 0.556. The zero-order chi connectivity index (χ0) is 10.3. The summed E-state index contributed by atoms with van der Waals surface area (Å²) in [6.07, 6.45) is 2.79. The fourth-order valence-corrected chi connectivity index (χ4v) is 1.99. The summed E-state index contributed by atoms with van der Waals surface area (Å²) in [4.78, 5) is 11.1. The van der Waals surface area contributed by atoms with Crippen LogP contribution in [0.25, 0.3) is 0 Å². The summed E-state index contributed by atoms with van der Waals surface area (Å²) in [6, 6.07) is 0. The quantitative estimate of drug-likeness (QED) is 0.601. The summed E-state index contributed by atoms with van der Waals surface area (Å²) in [7, 11) is 0. The Bertz CT molecular complexity index is 374. The number of aliphatic carboxylic acids is 1. The molecular formula is C9H12N2O3. The first-order valence-corrected chi connectivity index (χ1v) is 4.55. The van der Waals surface area contributed by atoms with Gasteiger partial charge in [-0.3, -0.25) is 5.10 Å². The minimum absolute atomic E-state index is 0.287. The summed E-state index contributed by atoms with van der Waals surface area (Å²) in [5.41, 5.74) is -0.641. The van der Waals surface area contributed by atoms with Crippen molar-refractivity contribution in [1.82, 2.24) is 10.2 Å². The zero-order valence-electron chi connectivity index (χ0n) is 7.82. The first kappa shape index (κ1) is 9.21. The molecule has 14 heavy (non-hydrogen) atoms. The van der Waals surface area contributed by atoms with Gasteiger partial charge in [-0.05, 0) is 12.8 Å². The van der Waals surface area contributed by atoms with E-state index in [0.717, 1.165) is 12.1 Å². The number of hydrogen-bond donors (Lipinski definition) is 3. The van der Waals surface area contributed by atoms with Crippen LogP contribution in [0.2, 0.25) is 0 Å². The lowest BCUT2D eigenvalue weighted by Gasteiger charge is -2.33. The van der Waals surface area contributed by atoms with E-state index in [0.29, 0.717) is 12.0 Å². The standard InChI is InChI=1S/C9H12N2O3/c1-5-2-3-7-6(4-10-11-7)9(5,14)8(12)13/h4-5,14H,2-3H2,1H3,(H,10,11)(H,12,13). The van der Waals surface area contributed by atoms with Gasteiger partial charge in [0.1, 0.15) is 0 Å². The molecule has 3 N–H and O–H groups in total. The van der Waals surface area contributed by atoms with E-state index in [-0.39, 0.29) is 5.92 Å². The topological polar surface area (TPSA) is 86.2 Å². The average Bonchev–Trinajstić information content (AvgIpc) is 2.59. The van der Waals surface area contributed by atoms with Gasteiger partial charge in [-0.15, -0.1) is 0 Å². The van der Waals surface area contributed by atoms with Crippen molar-refractivity contribution in [1.29, 1.82) is 0 Å². The molecule has 1 heterocycles. The maximum Gasteiger partial charge on any atom is 0.340 e. The van der Waals surface area contributed by atoms with Gasteiger partial charge in [0.2, 0.25) is 0 Å². The van der Waals surface area contributed by atoms with Gasteiger partial charge in [0.25, 0.3) is 0 Å². The molecule has 5 nitrogen and oxygen atoms in total. The molecule has 0 aliphatic heterocycles. The van der Waals surface area contributed by atoms with Gasteiger partial charge < -0.3 is 10.2 Å². The van der Waals surface area contributed by atoms with Crippen molar-refractivity contribution in [3.05, 3.63) is 17.5 Å². The normalized spacial score (nSPS) is 31.1. The van der Waals surface area contributed by atoms with E-state index in [1.165, 1.54) is 6.20 Å². The molecule has 1 aliphatic rings. The molecule has 0 bridgehead atoms. The van der Waals surface area contributed by atoms with Crippen molar-refractivity contribution >= 4 is 5.97 Å². The molecule has 0 saturated carbocycles. The number of aromatic amines is 1. The molecule has 76 valence electrons. The highest BCUT2D eigenvalue weighted by Crippen LogP contribution is 2.38. The Morgan fingerprint density at radius 3 is 3.14 bits per heavy atom. The van der Waals surface area contributed by atoms with Crippen LogP contribution >= 0.6 is 0 Å². The van der Waals surface area contributed by atoms with Gasteiger partial charge in [0.15, 0.2) is 5.60 Å². The molecule has 0 amide bonds. The van der Waals surface area contributed by atoms with Crippen LogP contribution in [0, 0.1) is 5.92 Å². The number of nitrogens with one attached hydrogen (secondary N) is 1. The van der Waals surface area contributed by atoms with Gasteiger partial charge in [-0.2, -0.15) is 5.10 Å². The smallest absolute Gasteiger partial charge is 0.340 e. The summed E-state index contributed by atoms with van der Waals surface area (Å²) in [6.45, 7) is 1.74. The second-order valence-electron chi connectivity index (χ2n) is 3.77. The highest BCUT2D eigenvalue weighted by molar-refractivity contribution is 5.80. The van der Waals surface area contributed by atoms with Crippen molar-refractivity contribution in [3.8, 4) is 0 Å². The molecule has 1 aromatic rings. The highest BCUT2D eigenvalue weighted by Gasteiger charge is 2.48. The number of carboxylic acid groups (broad SMARTS) is 1. The van der Waals surface area contributed by atoms with Crippen LogP contribution in [0.3, 0.4) is 0 Å². The van der Waals surface area contributed by atoms with Crippen LogP contribution in [-0.2, 0) is 16.8 Å². The third kappa shape index (κ3) is 0.988. The largest absolute Gasteiger partial charge is 0.479 e. The third-order valence-corrected chi connectivity index (χ3v) is 3.00. The fourth-order valence-electron chi connectivity index (χ4n) is 1.99. The molecule has 0 radical (unpaired) electrons. The van der Waals surface area contributed by atoms with Crippen LogP contribution in [0.15, 0.2) is 6.20 Å². The molecule has 2 unspecified atom stereocenters. The first-order chi connectivity index (χ1) is 6.56. The van der Waals surface area contributed by atoms with Crippen LogP contribution in [0.4, 0.5) is 0 Å². The Hall–Kier alpha value is -1.36. The molecule has 0 saturated heterocycles. The van der Waals surface area contributed by atoms with Crippen molar-refractivity contribution in [3.63, 3.8) is 0 Å². The lowest BCUT2D eigenvalue weighted by atomic mass is 9.75. The Balaban J connectivity index is 2.56. The lowest BCUT2D eigenvalue weighted by molar-refractivity contribution is -0.167. The second-order valence-corrected chi connectivity index (χ2v) is 3.77. The van der Waals surface area contributed by atoms with Gasteiger partial charge in [0.05, 0.1) is 6.20 Å². The zero-order valence-corrected chi connectivity index (χ0v) is 7.82. The molecule has 0 spiro atoms. The third-order valence-electron chi connectivity index (χ3n) is 3.00. The number of nitrogens with zero attached hydrogens (tertiary/aromatic N) is 1. The number of rotatable bonds is 1. The highest BCUT2D eigenvalue weighted by atomic mass is 16.4. The number of aliphatic hydroxyl groups is 1. The Morgan fingerprint density at radius 2 is 2.50 bits per heavy atom. The van der Waals surface area contributed by atoms with Crippen molar-refractivity contribution in [2.45, 2.75) is 25.4 Å². The van der Waals surface area contributed by atoms with E-state index in [9.17, 15) is 9.90 Å². The monoisotopic (exact) mass is 196 g/mol. The number of aryl methyl sites for hydroxylation is 1. The second kappa shape index (κ2) is 2.81. The van der Waals surface area contributed by atoms with Crippen molar-refractivity contribution < 1.29 is 15.0 Å². The SMILES string of the molecule is CC1CCc2[nH]ncc2C1(O)C(=O)O. The Morgan fingerprint density at radius 1 is 1.79 bits per heavy atom. The number of H-pyrrole nitrogens is 1. The van der Waals surface area contributed by atoms with Crippen LogP contribution in [-0.4, -0.2) is 26.4 Å². The first-order valence-electron chi connectivity index (χ1n) is 4.55. The Kier molecular flexibility index (Phi) is 1.85. The minimum atomic E-state index is -1.78. The number of carbonyl (C=O) groups is 1. The maximum absolute atomic E-state index is 11.1. The number of hydrogen-bond acceptors (Lipinski definition) is 3. The van der Waals surface area contributed by atoms with Crippen LogP contribution in [0.5, 0.6) is 0 Å². The predicted octanol–water partition coefficient (Wildman–Crippen LogP) is 0.264. The maximum atomic E-state index is 11.1. The van der Waals surface area contributed by atoms with Crippen LogP contribution in [0.1, 0.15) is 24.6 Å². The minimum Gasteiger partial charge on any atom is -0.479 e. The average molecular weight is 196 g/mol. The molecule has 0 fully saturated rings. The molecule has 1 aliphatic carbocycles. The summed E-state index contributed by atoms with van der Waals surface area (Å²) in [5.74, 6) is -1.49. The molecule has 1 aromatic heterocycles.